The van der Waals surface area contributed by atoms with Gasteiger partial charge in [0.2, 0.25) is 0 Å². The third kappa shape index (κ3) is 2.27. The van der Waals surface area contributed by atoms with Crippen molar-refractivity contribution in [2.24, 2.45) is 0 Å². The molecule has 0 aliphatic heterocycles. The van der Waals surface area contributed by atoms with Crippen LogP contribution in [0, 0.1) is 17.1 Å². The minimum absolute atomic E-state index is 0.354. The quantitative estimate of drug-likeness (QED) is 0.865. The molecule has 0 fully saturated rings. The van der Waals surface area contributed by atoms with E-state index in [4.69, 9.17) is 5.26 Å². The molecule has 0 spiro atoms. The summed E-state index contributed by atoms with van der Waals surface area (Å²) in [4.78, 5) is 0. The van der Waals surface area contributed by atoms with Crippen LogP contribution < -0.4 is 5.32 Å². The highest BCUT2D eigenvalue weighted by atomic mass is 79.9. The van der Waals surface area contributed by atoms with Gasteiger partial charge >= 0.3 is 0 Å². The zero-order chi connectivity index (χ0) is 9.84. The molecule has 0 bridgehead atoms. The predicted molar refractivity (Wildman–Crippen MR) is 51.5 cm³/mol. The third-order valence-electron chi connectivity index (χ3n) is 1.69. The maximum Gasteiger partial charge on any atom is 0.137 e. The van der Waals surface area contributed by atoms with Crippen LogP contribution in [0.1, 0.15) is 11.6 Å². The fraction of sp³-hybridized carbons (Fsp3) is 0.222. The van der Waals surface area contributed by atoms with Gasteiger partial charge in [-0.05, 0) is 40.7 Å². The van der Waals surface area contributed by atoms with E-state index in [1.165, 1.54) is 6.07 Å². The first kappa shape index (κ1) is 10.2. The van der Waals surface area contributed by atoms with Gasteiger partial charge in [-0.15, -0.1) is 0 Å². The summed E-state index contributed by atoms with van der Waals surface area (Å²) >= 11 is 3.04. The Hall–Kier alpha value is -0.920. The number of rotatable bonds is 2. The number of halogens is 2. The van der Waals surface area contributed by atoms with Crippen molar-refractivity contribution in [2.75, 3.05) is 7.05 Å². The maximum absolute atomic E-state index is 13.0. The van der Waals surface area contributed by atoms with Crippen LogP contribution in [0.2, 0.25) is 0 Å². The molecule has 0 amide bonds. The standard InChI is InChI=1S/C9H8BrFN2/c1-13-9(5-12)6-2-3-7(10)8(11)4-6/h2-4,9,13H,1H3. The van der Waals surface area contributed by atoms with Crippen LogP contribution in [0.15, 0.2) is 22.7 Å². The summed E-state index contributed by atoms with van der Waals surface area (Å²) in [5.41, 5.74) is 0.630. The second kappa shape index (κ2) is 4.35. The summed E-state index contributed by atoms with van der Waals surface area (Å²) in [6.45, 7) is 0. The van der Waals surface area contributed by atoms with Crippen LogP contribution in [-0.2, 0) is 0 Å². The second-order valence-corrected chi connectivity index (χ2v) is 3.38. The number of hydrogen-bond acceptors (Lipinski definition) is 2. The molecule has 0 aromatic heterocycles. The van der Waals surface area contributed by atoms with Crippen molar-refractivity contribution in [3.8, 4) is 6.07 Å². The third-order valence-corrected chi connectivity index (χ3v) is 2.34. The van der Waals surface area contributed by atoms with Crippen molar-refractivity contribution in [3.63, 3.8) is 0 Å². The minimum Gasteiger partial charge on any atom is -0.301 e. The summed E-state index contributed by atoms with van der Waals surface area (Å²) in [5.74, 6) is -0.354. The molecule has 0 radical (unpaired) electrons. The molecule has 1 rings (SSSR count). The van der Waals surface area contributed by atoms with Crippen molar-refractivity contribution in [1.82, 2.24) is 5.32 Å². The minimum atomic E-state index is -0.456. The first-order valence-corrected chi connectivity index (χ1v) is 4.50. The lowest BCUT2D eigenvalue weighted by atomic mass is 10.1. The molecule has 1 unspecified atom stereocenters. The molecular formula is C9H8BrFN2. The van der Waals surface area contributed by atoms with Crippen molar-refractivity contribution in [3.05, 3.63) is 34.1 Å². The maximum atomic E-state index is 13.0. The Morgan fingerprint density at radius 3 is 2.77 bits per heavy atom. The Morgan fingerprint density at radius 1 is 1.62 bits per heavy atom. The van der Waals surface area contributed by atoms with Gasteiger partial charge in [-0.25, -0.2) is 4.39 Å². The van der Waals surface area contributed by atoms with Crippen LogP contribution in [-0.4, -0.2) is 7.05 Å². The highest BCUT2D eigenvalue weighted by Gasteiger charge is 2.09. The fourth-order valence-electron chi connectivity index (χ4n) is 0.998. The lowest BCUT2D eigenvalue weighted by molar-refractivity contribution is 0.613. The predicted octanol–water partition coefficient (Wildman–Crippen LogP) is 2.37. The number of nitrogens with one attached hydrogen (secondary N) is 1. The van der Waals surface area contributed by atoms with E-state index in [9.17, 15) is 4.39 Å². The average molecular weight is 243 g/mol. The van der Waals surface area contributed by atoms with Crippen LogP contribution in [0.5, 0.6) is 0 Å². The molecule has 0 aliphatic carbocycles. The van der Waals surface area contributed by atoms with Crippen molar-refractivity contribution in [2.45, 2.75) is 6.04 Å². The lowest BCUT2D eigenvalue weighted by Crippen LogP contribution is -2.14. The van der Waals surface area contributed by atoms with Gasteiger partial charge < -0.3 is 5.32 Å². The summed E-state index contributed by atoms with van der Waals surface area (Å²) in [6, 6.07) is 6.20. The summed E-state index contributed by atoms with van der Waals surface area (Å²) < 4.78 is 13.4. The molecule has 0 heterocycles. The number of benzene rings is 1. The van der Waals surface area contributed by atoms with Crippen molar-refractivity contribution < 1.29 is 4.39 Å². The Bertz CT molecular complexity index is 346. The van der Waals surface area contributed by atoms with E-state index in [1.54, 1.807) is 19.2 Å². The van der Waals surface area contributed by atoms with Crippen LogP contribution in [0.4, 0.5) is 4.39 Å². The summed E-state index contributed by atoms with van der Waals surface area (Å²) in [5, 5.41) is 11.5. The van der Waals surface area contributed by atoms with E-state index < -0.39 is 6.04 Å². The Balaban J connectivity index is 3.04. The normalized spacial score (nSPS) is 12.2. The van der Waals surface area contributed by atoms with Gasteiger partial charge in [0.05, 0.1) is 10.5 Å². The van der Waals surface area contributed by atoms with Crippen molar-refractivity contribution >= 4 is 15.9 Å². The molecule has 0 aliphatic rings. The molecule has 1 aromatic rings. The van der Waals surface area contributed by atoms with Crippen molar-refractivity contribution in [1.29, 1.82) is 5.26 Å². The SMILES string of the molecule is CNC(C#N)c1ccc(Br)c(F)c1. The molecule has 4 heteroatoms. The number of nitrogens with zero attached hydrogens (tertiary/aromatic N) is 1. The molecule has 68 valence electrons. The van der Waals surface area contributed by atoms with Crippen LogP contribution >= 0.6 is 15.9 Å². The molecule has 13 heavy (non-hydrogen) atoms. The Labute approximate surface area is 84.5 Å². The Morgan fingerprint density at radius 2 is 2.31 bits per heavy atom. The Kier molecular flexibility index (Phi) is 3.40. The number of hydrogen-bond donors (Lipinski definition) is 1. The van der Waals surface area contributed by atoms with Crippen LogP contribution in [0.3, 0.4) is 0 Å². The first-order chi connectivity index (χ1) is 6.19. The number of nitriles is 1. The second-order valence-electron chi connectivity index (χ2n) is 2.52. The molecule has 2 nitrogen and oxygen atoms in total. The lowest BCUT2D eigenvalue weighted by Gasteiger charge is -2.07. The van der Waals surface area contributed by atoms with Gasteiger partial charge in [0, 0.05) is 0 Å². The van der Waals surface area contributed by atoms with E-state index in [-0.39, 0.29) is 5.82 Å². The van der Waals surface area contributed by atoms with Crippen LogP contribution in [0.25, 0.3) is 0 Å². The van der Waals surface area contributed by atoms with E-state index in [0.717, 1.165) is 0 Å². The van der Waals surface area contributed by atoms with Gasteiger partial charge in [-0.3, -0.25) is 0 Å². The molecule has 1 N–H and O–H groups in total. The van der Waals surface area contributed by atoms with E-state index in [2.05, 4.69) is 21.2 Å². The molecule has 0 saturated carbocycles. The monoisotopic (exact) mass is 242 g/mol. The molecule has 0 saturated heterocycles. The topological polar surface area (TPSA) is 35.8 Å². The van der Waals surface area contributed by atoms with Gasteiger partial charge in [-0.2, -0.15) is 5.26 Å². The van der Waals surface area contributed by atoms with E-state index >= 15 is 0 Å². The highest BCUT2D eigenvalue weighted by Crippen LogP contribution is 2.20. The van der Waals surface area contributed by atoms with Gasteiger partial charge in [0.25, 0.3) is 0 Å². The first-order valence-electron chi connectivity index (χ1n) is 3.71. The summed E-state index contributed by atoms with van der Waals surface area (Å²) in [6.07, 6.45) is 0. The fourth-order valence-corrected chi connectivity index (χ4v) is 1.24. The highest BCUT2D eigenvalue weighted by molar-refractivity contribution is 9.10. The smallest absolute Gasteiger partial charge is 0.137 e. The summed E-state index contributed by atoms with van der Waals surface area (Å²) in [7, 11) is 1.66. The average Bonchev–Trinajstić information content (AvgIpc) is 2.13. The zero-order valence-electron chi connectivity index (χ0n) is 7.01. The van der Waals surface area contributed by atoms with Gasteiger partial charge in [-0.1, -0.05) is 6.07 Å². The van der Waals surface area contributed by atoms with Gasteiger partial charge in [0.1, 0.15) is 11.9 Å². The largest absolute Gasteiger partial charge is 0.301 e. The van der Waals surface area contributed by atoms with E-state index in [1.807, 2.05) is 6.07 Å². The molecule has 1 atom stereocenters. The van der Waals surface area contributed by atoms with Gasteiger partial charge in [0.15, 0.2) is 0 Å². The molecule has 1 aromatic carbocycles. The molecular weight excluding hydrogens is 235 g/mol. The zero-order valence-corrected chi connectivity index (χ0v) is 8.60. The van der Waals surface area contributed by atoms with E-state index in [0.29, 0.717) is 10.0 Å².